The number of ether oxygens (including phenoxy) is 1. The van der Waals surface area contributed by atoms with Crippen LogP contribution in [-0.2, 0) is 6.54 Å². The van der Waals surface area contributed by atoms with Gasteiger partial charge in [0.25, 0.3) is 0 Å². The predicted octanol–water partition coefficient (Wildman–Crippen LogP) is 3.44. The molecular formula is C17H29IN4OS. The normalized spacial score (nSPS) is 20.4. The van der Waals surface area contributed by atoms with Crippen LogP contribution in [0.15, 0.2) is 23.3 Å². The lowest BCUT2D eigenvalue weighted by Gasteiger charge is -2.17. The van der Waals surface area contributed by atoms with E-state index < -0.39 is 0 Å². The predicted molar refractivity (Wildman–Crippen MR) is 114 cm³/mol. The van der Waals surface area contributed by atoms with Crippen LogP contribution in [-0.4, -0.2) is 41.6 Å². The number of halogens is 1. The first-order valence-electron chi connectivity index (χ1n) is 8.41. The number of aromatic nitrogens is 1. The monoisotopic (exact) mass is 464 g/mol. The average Bonchev–Trinajstić information content (AvgIpc) is 3.02. The maximum atomic E-state index is 5.57. The molecule has 24 heavy (non-hydrogen) atoms. The van der Waals surface area contributed by atoms with E-state index in [0.717, 1.165) is 23.3 Å². The van der Waals surface area contributed by atoms with Crippen LogP contribution in [0.5, 0.6) is 5.88 Å². The molecule has 2 rings (SSSR count). The Morgan fingerprint density at radius 1 is 1.42 bits per heavy atom. The minimum atomic E-state index is 0. The fraction of sp³-hybridized carbons (Fsp3) is 0.647. The third kappa shape index (κ3) is 6.66. The first-order chi connectivity index (χ1) is 11.3. The largest absolute Gasteiger partial charge is 0.478 e. The Balaban J connectivity index is 0.00000288. The zero-order valence-corrected chi connectivity index (χ0v) is 17.9. The topological polar surface area (TPSA) is 58.5 Å². The van der Waals surface area contributed by atoms with E-state index in [1.165, 1.54) is 19.3 Å². The lowest BCUT2D eigenvalue weighted by molar-refractivity contribution is 0.323. The number of rotatable bonds is 7. The number of nitrogens with zero attached hydrogens (tertiary/aromatic N) is 2. The highest BCUT2D eigenvalue weighted by atomic mass is 127. The molecule has 7 heteroatoms. The smallest absolute Gasteiger partial charge is 0.218 e. The van der Waals surface area contributed by atoms with Gasteiger partial charge in [-0.1, -0.05) is 6.07 Å². The maximum Gasteiger partial charge on any atom is 0.218 e. The van der Waals surface area contributed by atoms with Gasteiger partial charge in [0, 0.05) is 29.6 Å². The second-order valence-corrected chi connectivity index (χ2v) is 6.75. The van der Waals surface area contributed by atoms with Crippen LogP contribution in [0.1, 0.15) is 38.7 Å². The molecule has 1 aromatic rings. The van der Waals surface area contributed by atoms with Gasteiger partial charge in [-0.15, -0.1) is 24.0 Å². The van der Waals surface area contributed by atoms with E-state index in [4.69, 9.17) is 9.73 Å². The molecule has 0 aromatic carbocycles. The molecule has 136 valence electrons. The van der Waals surface area contributed by atoms with Gasteiger partial charge in [0.2, 0.25) is 5.88 Å². The molecule has 1 fully saturated rings. The molecule has 1 heterocycles. The molecule has 1 aromatic heterocycles. The molecule has 1 aliphatic rings. The zero-order valence-electron chi connectivity index (χ0n) is 14.7. The van der Waals surface area contributed by atoms with Crippen LogP contribution in [0.3, 0.4) is 0 Å². The van der Waals surface area contributed by atoms with E-state index in [1.807, 2.05) is 30.8 Å². The molecule has 1 aliphatic carbocycles. The summed E-state index contributed by atoms with van der Waals surface area (Å²) >= 11 is 1.97. The Morgan fingerprint density at radius 3 is 2.92 bits per heavy atom. The quantitative estimate of drug-likeness (QED) is 0.368. The minimum absolute atomic E-state index is 0. The molecule has 0 aliphatic heterocycles. The first kappa shape index (κ1) is 21.3. The van der Waals surface area contributed by atoms with Gasteiger partial charge in [0.1, 0.15) is 0 Å². The molecule has 0 bridgehead atoms. The van der Waals surface area contributed by atoms with E-state index in [0.29, 0.717) is 25.1 Å². The second kappa shape index (κ2) is 11.8. The lowest BCUT2D eigenvalue weighted by Crippen LogP contribution is -2.42. The fourth-order valence-corrected chi connectivity index (χ4v) is 3.57. The summed E-state index contributed by atoms with van der Waals surface area (Å²) in [6.07, 6.45) is 7.66. The van der Waals surface area contributed by atoms with Crippen molar-refractivity contribution >= 4 is 41.7 Å². The Hall–Kier alpha value is -0.700. The standard InChI is InChI=1S/C17H28N4OS.HI/c1-4-18-17(21-14-8-9-15(11-14)23-3)20-12-13-7-6-10-19-16(13)22-5-2;/h6-7,10,14-15H,4-5,8-9,11-12H2,1-3H3,(H2,18,20,21);1H. The summed E-state index contributed by atoms with van der Waals surface area (Å²) < 4.78 is 5.57. The van der Waals surface area contributed by atoms with Crippen LogP contribution >= 0.6 is 35.7 Å². The molecule has 0 radical (unpaired) electrons. The number of hydrogen-bond acceptors (Lipinski definition) is 4. The first-order valence-corrected chi connectivity index (χ1v) is 9.69. The Labute approximate surface area is 166 Å². The van der Waals surface area contributed by atoms with Crippen molar-refractivity contribution in [3.05, 3.63) is 23.9 Å². The van der Waals surface area contributed by atoms with Crippen molar-refractivity contribution in [1.82, 2.24) is 15.6 Å². The van der Waals surface area contributed by atoms with Crippen molar-refractivity contribution in [3.8, 4) is 5.88 Å². The van der Waals surface area contributed by atoms with Crippen molar-refractivity contribution in [1.29, 1.82) is 0 Å². The number of hydrogen-bond donors (Lipinski definition) is 2. The minimum Gasteiger partial charge on any atom is -0.478 e. The summed E-state index contributed by atoms with van der Waals surface area (Å²) in [4.78, 5) is 8.99. The van der Waals surface area contributed by atoms with Gasteiger partial charge >= 0.3 is 0 Å². The molecule has 2 atom stereocenters. The molecule has 5 nitrogen and oxygen atoms in total. The summed E-state index contributed by atoms with van der Waals surface area (Å²) in [5.74, 6) is 1.56. The van der Waals surface area contributed by atoms with Gasteiger partial charge in [-0.05, 0) is 45.4 Å². The van der Waals surface area contributed by atoms with E-state index in [1.54, 1.807) is 6.20 Å². The summed E-state index contributed by atoms with van der Waals surface area (Å²) in [7, 11) is 0. The highest BCUT2D eigenvalue weighted by Gasteiger charge is 2.24. The Kier molecular flexibility index (Phi) is 10.5. The van der Waals surface area contributed by atoms with Gasteiger partial charge in [0.15, 0.2) is 5.96 Å². The highest BCUT2D eigenvalue weighted by Crippen LogP contribution is 2.28. The van der Waals surface area contributed by atoms with Crippen molar-refractivity contribution in [2.24, 2.45) is 4.99 Å². The summed E-state index contributed by atoms with van der Waals surface area (Å²) in [6, 6.07) is 4.46. The van der Waals surface area contributed by atoms with E-state index in [9.17, 15) is 0 Å². The summed E-state index contributed by atoms with van der Waals surface area (Å²) in [5.41, 5.74) is 1.01. The summed E-state index contributed by atoms with van der Waals surface area (Å²) in [6.45, 7) is 6.10. The maximum absolute atomic E-state index is 5.57. The second-order valence-electron chi connectivity index (χ2n) is 5.61. The highest BCUT2D eigenvalue weighted by molar-refractivity contribution is 14.0. The number of aliphatic imine (C=N–C) groups is 1. The van der Waals surface area contributed by atoms with Crippen LogP contribution < -0.4 is 15.4 Å². The van der Waals surface area contributed by atoms with Gasteiger partial charge < -0.3 is 15.4 Å². The van der Waals surface area contributed by atoms with Crippen molar-refractivity contribution in [2.45, 2.75) is 50.9 Å². The van der Waals surface area contributed by atoms with Crippen molar-refractivity contribution < 1.29 is 4.74 Å². The third-order valence-corrected chi connectivity index (χ3v) is 5.04. The van der Waals surface area contributed by atoms with Crippen LogP contribution in [0, 0.1) is 0 Å². The zero-order chi connectivity index (χ0) is 16.5. The Morgan fingerprint density at radius 2 is 2.25 bits per heavy atom. The molecular weight excluding hydrogens is 435 g/mol. The third-order valence-electron chi connectivity index (χ3n) is 3.94. The van der Waals surface area contributed by atoms with E-state index in [2.05, 4.69) is 28.8 Å². The van der Waals surface area contributed by atoms with Crippen LogP contribution in [0.2, 0.25) is 0 Å². The molecule has 0 saturated heterocycles. The summed E-state index contributed by atoms with van der Waals surface area (Å²) in [5, 5.41) is 7.68. The van der Waals surface area contributed by atoms with Gasteiger partial charge in [-0.25, -0.2) is 9.98 Å². The van der Waals surface area contributed by atoms with Crippen LogP contribution in [0.4, 0.5) is 0 Å². The molecule has 1 saturated carbocycles. The average molecular weight is 464 g/mol. The Bertz CT molecular complexity index is 515. The van der Waals surface area contributed by atoms with Crippen molar-refractivity contribution in [3.63, 3.8) is 0 Å². The molecule has 0 amide bonds. The number of nitrogens with one attached hydrogen (secondary N) is 2. The van der Waals surface area contributed by atoms with Crippen LogP contribution in [0.25, 0.3) is 0 Å². The molecule has 2 N–H and O–H groups in total. The van der Waals surface area contributed by atoms with Gasteiger partial charge in [0.05, 0.1) is 13.2 Å². The van der Waals surface area contributed by atoms with Crippen molar-refractivity contribution in [2.75, 3.05) is 19.4 Å². The number of thioether (sulfide) groups is 1. The lowest BCUT2D eigenvalue weighted by atomic mass is 10.2. The van der Waals surface area contributed by atoms with Gasteiger partial charge in [-0.3, -0.25) is 0 Å². The van der Waals surface area contributed by atoms with E-state index >= 15 is 0 Å². The van der Waals surface area contributed by atoms with E-state index in [-0.39, 0.29) is 24.0 Å². The number of pyridine rings is 1. The molecule has 2 unspecified atom stereocenters. The van der Waals surface area contributed by atoms with Gasteiger partial charge in [-0.2, -0.15) is 11.8 Å². The fourth-order valence-electron chi connectivity index (χ4n) is 2.77. The number of guanidine groups is 1. The SMILES string of the molecule is CCNC(=NCc1cccnc1OCC)NC1CCC(SC)C1.I. The molecule has 0 spiro atoms.